The van der Waals surface area contributed by atoms with Crippen LogP contribution in [-0.4, -0.2) is 15.0 Å². The number of rotatable bonds is 5. The molecule has 0 aliphatic heterocycles. The molecule has 0 aliphatic carbocycles. The quantitative estimate of drug-likeness (QED) is 0.502. The Morgan fingerprint density at radius 2 is 1.32 bits per heavy atom. The molecule has 4 aromatic rings. The highest BCUT2D eigenvalue weighted by molar-refractivity contribution is 7.99. The van der Waals surface area contributed by atoms with Gasteiger partial charge in [0.25, 0.3) is 0 Å². The minimum absolute atomic E-state index is 0.704. The normalized spacial score (nSPS) is 10.7. The van der Waals surface area contributed by atoms with Crippen LogP contribution in [0.5, 0.6) is 0 Å². The second kappa shape index (κ2) is 7.36. The molecule has 0 amide bonds. The average molecular weight is 343 g/mol. The monoisotopic (exact) mass is 343 g/mol. The SMILES string of the molecule is c1ccc(Cn2nnc(-c3ccccc3)c2Sc2ccccc2)cc1. The van der Waals surface area contributed by atoms with Crippen LogP contribution in [0.25, 0.3) is 11.3 Å². The summed E-state index contributed by atoms with van der Waals surface area (Å²) < 4.78 is 1.98. The zero-order valence-corrected chi connectivity index (χ0v) is 14.4. The van der Waals surface area contributed by atoms with Crippen LogP contribution in [-0.2, 0) is 6.54 Å². The van der Waals surface area contributed by atoms with Crippen LogP contribution in [0.2, 0.25) is 0 Å². The first-order valence-electron chi connectivity index (χ1n) is 8.16. The molecule has 0 unspecified atom stereocenters. The van der Waals surface area contributed by atoms with Crippen molar-refractivity contribution >= 4 is 11.8 Å². The molecule has 0 atom stereocenters. The summed E-state index contributed by atoms with van der Waals surface area (Å²) in [5.74, 6) is 0. The average Bonchev–Trinajstić information content (AvgIpc) is 3.06. The number of benzene rings is 3. The van der Waals surface area contributed by atoms with E-state index in [9.17, 15) is 0 Å². The van der Waals surface area contributed by atoms with Crippen molar-refractivity contribution in [1.29, 1.82) is 0 Å². The van der Waals surface area contributed by atoms with E-state index in [1.54, 1.807) is 11.8 Å². The van der Waals surface area contributed by atoms with Gasteiger partial charge in [-0.2, -0.15) is 0 Å². The summed E-state index contributed by atoms with van der Waals surface area (Å²) in [7, 11) is 0. The van der Waals surface area contributed by atoms with Crippen molar-refractivity contribution in [3.8, 4) is 11.3 Å². The molecule has 1 aromatic heterocycles. The smallest absolute Gasteiger partial charge is 0.128 e. The van der Waals surface area contributed by atoms with Gasteiger partial charge in [-0.1, -0.05) is 95.8 Å². The summed E-state index contributed by atoms with van der Waals surface area (Å²) in [6, 6.07) is 30.9. The minimum Gasteiger partial charge on any atom is -0.233 e. The van der Waals surface area contributed by atoms with E-state index in [1.807, 2.05) is 47.1 Å². The molecule has 0 N–H and O–H groups in total. The van der Waals surface area contributed by atoms with E-state index in [2.05, 4.69) is 58.8 Å². The fourth-order valence-electron chi connectivity index (χ4n) is 2.64. The lowest BCUT2D eigenvalue weighted by Gasteiger charge is -2.08. The Morgan fingerprint density at radius 3 is 2.00 bits per heavy atom. The molecule has 0 aliphatic rings. The molecule has 4 rings (SSSR count). The lowest BCUT2D eigenvalue weighted by Crippen LogP contribution is -2.03. The molecular weight excluding hydrogens is 326 g/mol. The lowest BCUT2D eigenvalue weighted by atomic mass is 10.2. The highest BCUT2D eigenvalue weighted by atomic mass is 32.2. The van der Waals surface area contributed by atoms with E-state index < -0.39 is 0 Å². The topological polar surface area (TPSA) is 30.7 Å². The maximum atomic E-state index is 4.47. The first-order valence-corrected chi connectivity index (χ1v) is 8.97. The van der Waals surface area contributed by atoms with E-state index in [0.717, 1.165) is 16.3 Å². The molecule has 1 heterocycles. The molecule has 0 radical (unpaired) electrons. The van der Waals surface area contributed by atoms with Crippen molar-refractivity contribution in [2.75, 3.05) is 0 Å². The summed E-state index contributed by atoms with van der Waals surface area (Å²) in [5.41, 5.74) is 3.22. The summed E-state index contributed by atoms with van der Waals surface area (Å²) in [5, 5.41) is 9.96. The van der Waals surface area contributed by atoms with Crippen LogP contribution in [0.15, 0.2) is 101 Å². The Bertz CT molecular complexity index is 935. The second-order valence-corrected chi connectivity index (χ2v) is 6.73. The van der Waals surface area contributed by atoms with Gasteiger partial charge in [0, 0.05) is 10.5 Å². The van der Waals surface area contributed by atoms with Crippen molar-refractivity contribution in [3.05, 3.63) is 96.6 Å². The molecule has 0 spiro atoms. The Hall–Kier alpha value is -2.85. The van der Waals surface area contributed by atoms with Gasteiger partial charge >= 0.3 is 0 Å². The zero-order valence-electron chi connectivity index (χ0n) is 13.6. The molecule has 122 valence electrons. The highest BCUT2D eigenvalue weighted by Gasteiger charge is 2.16. The largest absolute Gasteiger partial charge is 0.233 e. The third-order valence-corrected chi connectivity index (χ3v) is 4.98. The fraction of sp³-hybridized carbons (Fsp3) is 0.0476. The fourth-order valence-corrected chi connectivity index (χ4v) is 3.62. The van der Waals surface area contributed by atoms with E-state index >= 15 is 0 Å². The molecule has 3 nitrogen and oxygen atoms in total. The maximum absolute atomic E-state index is 4.47. The van der Waals surface area contributed by atoms with Gasteiger partial charge in [0.2, 0.25) is 0 Å². The second-order valence-electron chi connectivity index (χ2n) is 5.67. The maximum Gasteiger partial charge on any atom is 0.128 e. The predicted molar refractivity (Wildman–Crippen MR) is 102 cm³/mol. The lowest BCUT2D eigenvalue weighted by molar-refractivity contribution is 0.604. The summed E-state index contributed by atoms with van der Waals surface area (Å²) in [6.07, 6.45) is 0. The Kier molecular flexibility index (Phi) is 4.61. The van der Waals surface area contributed by atoms with Crippen LogP contribution >= 0.6 is 11.8 Å². The molecule has 0 bridgehead atoms. The first-order chi connectivity index (χ1) is 12.4. The minimum atomic E-state index is 0.704. The highest BCUT2D eigenvalue weighted by Crippen LogP contribution is 2.34. The number of aromatic nitrogens is 3. The van der Waals surface area contributed by atoms with Gasteiger partial charge in [-0.3, -0.25) is 0 Å². The van der Waals surface area contributed by atoms with Gasteiger partial charge < -0.3 is 0 Å². The third kappa shape index (κ3) is 3.64. The van der Waals surface area contributed by atoms with Gasteiger partial charge in [0.15, 0.2) is 0 Å². The number of hydrogen-bond donors (Lipinski definition) is 0. The molecule has 0 saturated heterocycles. The van der Waals surface area contributed by atoms with Crippen molar-refractivity contribution in [2.24, 2.45) is 0 Å². The van der Waals surface area contributed by atoms with Crippen LogP contribution < -0.4 is 0 Å². The Balaban J connectivity index is 1.75. The molecule has 0 saturated carbocycles. The van der Waals surface area contributed by atoms with Gasteiger partial charge in [-0.15, -0.1) is 5.10 Å². The van der Waals surface area contributed by atoms with Gasteiger partial charge in [0.1, 0.15) is 10.7 Å². The first kappa shape index (κ1) is 15.7. The van der Waals surface area contributed by atoms with Crippen molar-refractivity contribution < 1.29 is 0 Å². The zero-order chi connectivity index (χ0) is 16.9. The van der Waals surface area contributed by atoms with Crippen molar-refractivity contribution in [2.45, 2.75) is 16.5 Å². The van der Waals surface area contributed by atoms with Crippen LogP contribution in [0.4, 0.5) is 0 Å². The van der Waals surface area contributed by atoms with E-state index in [4.69, 9.17) is 0 Å². The summed E-state index contributed by atoms with van der Waals surface area (Å²) in [4.78, 5) is 1.18. The van der Waals surface area contributed by atoms with E-state index in [-0.39, 0.29) is 0 Å². The standard InChI is InChI=1S/C21H17N3S/c1-4-10-17(11-5-1)16-24-21(25-19-14-8-3-9-15-19)20(22-23-24)18-12-6-2-7-13-18/h1-15H,16H2. The van der Waals surface area contributed by atoms with E-state index in [0.29, 0.717) is 6.54 Å². The van der Waals surface area contributed by atoms with Crippen LogP contribution in [0.1, 0.15) is 5.56 Å². The molecule has 3 aromatic carbocycles. The van der Waals surface area contributed by atoms with Gasteiger partial charge in [-0.25, -0.2) is 4.68 Å². The van der Waals surface area contributed by atoms with E-state index in [1.165, 1.54) is 10.5 Å². The molecule has 25 heavy (non-hydrogen) atoms. The Morgan fingerprint density at radius 1 is 0.720 bits per heavy atom. The van der Waals surface area contributed by atoms with Crippen LogP contribution in [0, 0.1) is 0 Å². The van der Waals surface area contributed by atoms with Gasteiger partial charge in [0.05, 0.1) is 6.54 Å². The van der Waals surface area contributed by atoms with Gasteiger partial charge in [-0.05, 0) is 17.7 Å². The molecule has 0 fully saturated rings. The number of hydrogen-bond acceptors (Lipinski definition) is 3. The molecule has 4 heteroatoms. The van der Waals surface area contributed by atoms with Crippen LogP contribution in [0.3, 0.4) is 0 Å². The van der Waals surface area contributed by atoms with Crippen molar-refractivity contribution in [1.82, 2.24) is 15.0 Å². The summed E-state index contributed by atoms with van der Waals surface area (Å²) >= 11 is 1.70. The predicted octanol–water partition coefficient (Wildman–Crippen LogP) is 5.14. The summed E-state index contributed by atoms with van der Waals surface area (Å²) in [6.45, 7) is 0.704. The third-order valence-electron chi connectivity index (χ3n) is 3.87. The van der Waals surface area contributed by atoms with Crippen molar-refractivity contribution in [3.63, 3.8) is 0 Å². The Labute approximate surface area is 151 Å². The molecular formula is C21H17N3S. The number of nitrogens with zero attached hydrogens (tertiary/aromatic N) is 3.